The second-order valence-electron chi connectivity index (χ2n) is 4.50. The first-order valence-corrected chi connectivity index (χ1v) is 6.37. The van der Waals surface area contributed by atoms with Gasteiger partial charge in [-0.3, -0.25) is 10.8 Å². The Bertz CT molecular complexity index is 741. The summed E-state index contributed by atoms with van der Waals surface area (Å²) in [5.74, 6) is -0.187. The van der Waals surface area contributed by atoms with E-state index in [1.165, 1.54) is 0 Å². The summed E-state index contributed by atoms with van der Waals surface area (Å²) in [6, 6.07) is 11.2. The van der Waals surface area contributed by atoms with Gasteiger partial charge in [0.1, 0.15) is 0 Å². The first-order chi connectivity index (χ1) is 10.5. The Kier molecular flexibility index (Phi) is 4.38. The molecular formula is C15H16N6O. The number of ether oxygens (including phenoxy) is 1. The molecule has 7 heteroatoms. The highest BCUT2D eigenvalue weighted by atomic mass is 16.5. The maximum atomic E-state index is 7.82. The Labute approximate surface area is 127 Å². The fourth-order valence-electron chi connectivity index (χ4n) is 1.78. The lowest BCUT2D eigenvalue weighted by atomic mass is 10.2. The van der Waals surface area contributed by atoms with E-state index >= 15 is 0 Å². The Balaban J connectivity index is 2.04. The number of nitrogens with two attached hydrogens (primary N) is 2. The zero-order chi connectivity index (χ0) is 16.1. The van der Waals surface area contributed by atoms with Crippen molar-refractivity contribution in [1.29, 1.82) is 16.2 Å². The molecular weight excluding hydrogens is 280 g/mol. The highest BCUT2D eigenvalue weighted by Crippen LogP contribution is 2.16. The minimum absolute atomic E-state index is 0.187. The summed E-state index contributed by atoms with van der Waals surface area (Å²) in [5, 5.41) is 25.5. The molecule has 7 nitrogen and oxygen atoms in total. The first-order valence-electron chi connectivity index (χ1n) is 6.37. The van der Waals surface area contributed by atoms with Crippen LogP contribution in [0, 0.1) is 16.2 Å². The van der Waals surface area contributed by atoms with Crippen LogP contribution in [0.15, 0.2) is 42.5 Å². The van der Waals surface area contributed by atoms with Crippen molar-refractivity contribution in [1.82, 2.24) is 0 Å². The van der Waals surface area contributed by atoms with Gasteiger partial charge in [0.05, 0.1) is 0 Å². The molecule has 0 fully saturated rings. The minimum Gasteiger partial charge on any atom is -0.407 e. The summed E-state index contributed by atoms with van der Waals surface area (Å²) >= 11 is 0. The predicted octanol–water partition coefficient (Wildman–Crippen LogP) is 2.24. The fraction of sp³-hybridized carbons (Fsp3) is 0. The van der Waals surface area contributed by atoms with E-state index in [1.807, 2.05) is 0 Å². The molecule has 0 aliphatic heterocycles. The van der Waals surface area contributed by atoms with Crippen molar-refractivity contribution < 1.29 is 4.74 Å². The van der Waals surface area contributed by atoms with Crippen molar-refractivity contribution in [2.45, 2.75) is 0 Å². The van der Waals surface area contributed by atoms with E-state index in [1.54, 1.807) is 42.5 Å². The molecule has 0 aliphatic rings. The number of anilines is 3. The molecule has 0 aliphatic carbocycles. The summed E-state index contributed by atoms with van der Waals surface area (Å²) in [7, 11) is 0. The molecule has 0 bridgehead atoms. The predicted molar refractivity (Wildman–Crippen MR) is 88.9 cm³/mol. The Morgan fingerprint density at radius 2 is 1.86 bits per heavy atom. The summed E-state index contributed by atoms with van der Waals surface area (Å²) in [4.78, 5) is 0. The van der Waals surface area contributed by atoms with Gasteiger partial charge in [0.15, 0.2) is 0 Å². The highest BCUT2D eigenvalue weighted by Gasteiger charge is 2.08. The monoisotopic (exact) mass is 296 g/mol. The topological polar surface area (TPSA) is 145 Å². The number of hydrogen-bond donors (Lipinski definition) is 6. The molecule has 2 rings (SSSR count). The number of hydrogen-bond acceptors (Lipinski definition) is 6. The van der Waals surface area contributed by atoms with E-state index in [0.717, 1.165) is 6.21 Å². The van der Waals surface area contributed by atoms with Crippen LogP contribution < -0.4 is 16.8 Å². The largest absolute Gasteiger partial charge is 0.407 e. The van der Waals surface area contributed by atoms with E-state index in [0.29, 0.717) is 28.2 Å². The number of nitrogens with one attached hydrogen (secondary N) is 4. The zero-order valence-electron chi connectivity index (χ0n) is 11.7. The smallest absolute Gasteiger partial charge is 0.293 e. The van der Waals surface area contributed by atoms with Gasteiger partial charge in [-0.15, -0.1) is 0 Å². The van der Waals surface area contributed by atoms with Gasteiger partial charge in [-0.25, -0.2) is 0 Å². The molecule has 0 aromatic heterocycles. The van der Waals surface area contributed by atoms with E-state index < -0.39 is 0 Å². The van der Waals surface area contributed by atoms with Crippen LogP contribution in [0.5, 0.6) is 0 Å². The summed E-state index contributed by atoms with van der Waals surface area (Å²) < 4.78 is 5.11. The van der Waals surface area contributed by atoms with Crippen LogP contribution in [-0.4, -0.2) is 18.1 Å². The Hall–Kier alpha value is -3.35. The summed E-state index contributed by atoms with van der Waals surface area (Å²) in [5.41, 5.74) is 13.9. The molecule has 0 atom stereocenters. The van der Waals surface area contributed by atoms with Gasteiger partial charge in [0.25, 0.3) is 6.02 Å². The lowest BCUT2D eigenvalue weighted by Gasteiger charge is -2.11. The normalized spacial score (nSPS) is 9.82. The van der Waals surface area contributed by atoms with Crippen LogP contribution in [0.4, 0.5) is 17.1 Å². The zero-order valence-corrected chi connectivity index (χ0v) is 11.7. The number of amidine groups is 1. The minimum atomic E-state index is -0.312. The van der Waals surface area contributed by atoms with Gasteiger partial charge in [0, 0.05) is 34.4 Å². The second-order valence-corrected chi connectivity index (χ2v) is 4.50. The van der Waals surface area contributed by atoms with E-state index in [2.05, 4.69) is 5.32 Å². The van der Waals surface area contributed by atoms with Crippen LogP contribution in [0.25, 0.3) is 0 Å². The molecule has 22 heavy (non-hydrogen) atoms. The third kappa shape index (κ3) is 3.60. The van der Waals surface area contributed by atoms with E-state index in [9.17, 15) is 0 Å². The average Bonchev–Trinajstić information content (AvgIpc) is 2.49. The van der Waals surface area contributed by atoms with Gasteiger partial charge in [-0.2, -0.15) is 0 Å². The maximum Gasteiger partial charge on any atom is 0.293 e. The van der Waals surface area contributed by atoms with Gasteiger partial charge in [-0.05, 0) is 36.4 Å². The second kappa shape index (κ2) is 6.40. The van der Waals surface area contributed by atoms with Gasteiger partial charge < -0.3 is 26.9 Å². The Morgan fingerprint density at radius 3 is 2.55 bits per heavy atom. The average molecular weight is 296 g/mol. The quantitative estimate of drug-likeness (QED) is 0.293. The molecule has 0 saturated heterocycles. The van der Waals surface area contributed by atoms with Crippen molar-refractivity contribution in [2.24, 2.45) is 0 Å². The van der Waals surface area contributed by atoms with Crippen LogP contribution in [-0.2, 0) is 4.74 Å². The van der Waals surface area contributed by atoms with Crippen LogP contribution in [0.2, 0.25) is 0 Å². The maximum absolute atomic E-state index is 7.82. The molecule has 0 radical (unpaired) electrons. The molecule has 2 aromatic rings. The van der Waals surface area contributed by atoms with Crippen molar-refractivity contribution in [2.75, 3.05) is 16.8 Å². The third-order valence-electron chi connectivity index (χ3n) is 2.85. The SMILES string of the molecule is N=Cc1cc(NC(=N)OC(=N)c2cccc(N)c2)ccc1N. The molecule has 0 unspecified atom stereocenters. The molecule has 0 heterocycles. The van der Waals surface area contributed by atoms with Crippen molar-refractivity contribution in [3.8, 4) is 0 Å². The number of nitrogen functional groups attached to an aromatic ring is 2. The molecule has 2 aromatic carbocycles. The number of benzene rings is 2. The van der Waals surface area contributed by atoms with Crippen LogP contribution in [0.1, 0.15) is 11.1 Å². The Morgan fingerprint density at radius 1 is 1.09 bits per heavy atom. The first kappa shape index (κ1) is 15.0. The summed E-state index contributed by atoms with van der Waals surface area (Å²) in [6.45, 7) is 0. The molecule has 0 saturated carbocycles. The molecule has 112 valence electrons. The number of rotatable bonds is 3. The van der Waals surface area contributed by atoms with Gasteiger partial charge in [0.2, 0.25) is 5.90 Å². The van der Waals surface area contributed by atoms with Crippen molar-refractivity contribution in [3.05, 3.63) is 53.6 Å². The van der Waals surface area contributed by atoms with Gasteiger partial charge in [-0.1, -0.05) is 6.07 Å². The van der Waals surface area contributed by atoms with E-state index in [-0.39, 0.29) is 11.9 Å². The molecule has 0 amide bonds. The van der Waals surface area contributed by atoms with Crippen molar-refractivity contribution in [3.63, 3.8) is 0 Å². The van der Waals surface area contributed by atoms with Crippen LogP contribution in [0.3, 0.4) is 0 Å². The fourth-order valence-corrected chi connectivity index (χ4v) is 1.78. The molecule has 0 spiro atoms. The van der Waals surface area contributed by atoms with E-state index in [4.69, 9.17) is 32.4 Å². The van der Waals surface area contributed by atoms with Crippen LogP contribution >= 0.6 is 0 Å². The lowest BCUT2D eigenvalue weighted by molar-refractivity contribution is 0.534. The molecule has 8 N–H and O–H groups in total. The third-order valence-corrected chi connectivity index (χ3v) is 2.85. The van der Waals surface area contributed by atoms with Gasteiger partial charge >= 0.3 is 0 Å². The summed E-state index contributed by atoms with van der Waals surface area (Å²) in [6.07, 6.45) is 1.12. The van der Waals surface area contributed by atoms with Crippen molar-refractivity contribution >= 4 is 35.2 Å². The standard InChI is InChI=1S/C15H16N6O/c16-8-10-7-12(4-5-13(10)18)21-15(20)22-14(19)9-2-1-3-11(17)6-9/h1-8,16,19H,17-18H2,(H2,20,21). The lowest BCUT2D eigenvalue weighted by Crippen LogP contribution is -2.19. The highest BCUT2D eigenvalue weighted by molar-refractivity contribution is 6.03.